The number of hydrogen-bond acceptors (Lipinski definition) is 3. The summed E-state index contributed by atoms with van der Waals surface area (Å²) in [4.78, 5) is 11.8. The molecule has 0 atom stereocenters. The summed E-state index contributed by atoms with van der Waals surface area (Å²) in [5, 5.41) is 14.2. The number of urea groups is 1. The zero-order chi connectivity index (χ0) is 15.8. The molecule has 2 N–H and O–H groups in total. The highest BCUT2D eigenvalue weighted by atomic mass is 16.5. The minimum absolute atomic E-state index is 0.0531. The minimum Gasteiger partial charge on any atom is -0.473 e. The fourth-order valence-corrected chi connectivity index (χ4v) is 1.97. The van der Waals surface area contributed by atoms with Gasteiger partial charge in [-0.1, -0.05) is 37.3 Å². The highest BCUT2D eigenvalue weighted by Gasteiger charge is 2.06. The zero-order valence-corrected chi connectivity index (χ0v) is 12.3. The summed E-state index contributed by atoms with van der Waals surface area (Å²) in [6.07, 6.45) is 0.859. The Labute approximate surface area is 129 Å². The number of aryl methyl sites for hydroxylation is 1. The van der Waals surface area contributed by atoms with E-state index in [2.05, 4.69) is 10.6 Å². The molecular formula is C17H17N3O2. The topological polar surface area (TPSA) is 74.2 Å². The smallest absolute Gasteiger partial charge is 0.321 e. The van der Waals surface area contributed by atoms with Crippen molar-refractivity contribution in [3.63, 3.8) is 0 Å². The van der Waals surface area contributed by atoms with Crippen LogP contribution in [0.25, 0.3) is 0 Å². The number of nitriles is 1. The number of anilines is 1. The molecule has 2 amide bonds. The molecule has 5 heteroatoms. The first kappa shape index (κ1) is 15.4. The minimum atomic E-state index is -0.420. The van der Waals surface area contributed by atoms with Crippen LogP contribution in [0.1, 0.15) is 18.1 Å². The first-order valence-corrected chi connectivity index (χ1v) is 6.99. The molecule has 0 aliphatic heterocycles. The van der Waals surface area contributed by atoms with Crippen molar-refractivity contribution < 1.29 is 9.53 Å². The number of amides is 2. The molecule has 0 aromatic heterocycles. The van der Waals surface area contributed by atoms with Crippen LogP contribution in [-0.4, -0.2) is 12.8 Å². The first-order valence-electron chi connectivity index (χ1n) is 6.99. The Hall–Kier alpha value is -3.00. The maximum absolute atomic E-state index is 11.8. The van der Waals surface area contributed by atoms with E-state index in [0.717, 1.165) is 17.7 Å². The summed E-state index contributed by atoms with van der Waals surface area (Å²) in [5.41, 5.74) is 1.96. The molecule has 2 rings (SSSR count). The van der Waals surface area contributed by atoms with E-state index in [1.54, 1.807) is 24.3 Å². The van der Waals surface area contributed by atoms with E-state index in [4.69, 9.17) is 10.00 Å². The standard InChI is InChI=1S/C17H17N3O2/c1-2-13-7-4-6-10-16(13)22-12-19-17(21)20-15-9-5-3-8-14(15)11-18/h3-10H,2,12H2,1H3,(H2,19,20,21). The van der Waals surface area contributed by atoms with Crippen molar-refractivity contribution in [1.82, 2.24) is 5.32 Å². The predicted octanol–water partition coefficient (Wildman–Crippen LogP) is 3.28. The van der Waals surface area contributed by atoms with Gasteiger partial charge in [0.25, 0.3) is 0 Å². The van der Waals surface area contributed by atoms with E-state index >= 15 is 0 Å². The van der Waals surface area contributed by atoms with Gasteiger partial charge in [0.05, 0.1) is 11.3 Å². The Kier molecular flexibility index (Phi) is 5.38. The van der Waals surface area contributed by atoms with Gasteiger partial charge in [0, 0.05) is 0 Å². The Balaban J connectivity index is 1.87. The SMILES string of the molecule is CCc1ccccc1OCNC(=O)Nc1ccccc1C#N. The quantitative estimate of drug-likeness (QED) is 0.831. The molecule has 0 unspecified atom stereocenters. The number of ether oxygens (including phenoxy) is 1. The number of carbonyl (C=O) groups excluding carboxylic acids is 1. The van der Waals surface area contributed by atoms with Gasteiger partial charge in [-0.15, -0.1) is 0 Å². The van der Waals surface area contributed by atoms with Crippen molar-refractivity contribution in [3.05, 3.63) is 59.7 Å². The van der Waals surface area contributed by atoms with Gasteiger partial charge in [-0.3, -0.25) is 0 Å². The van der Waals surface area contributed by atoms with E-state index in [0.29, 0.717) is 11.3 Å². The number of nitrogens with zero attached hydrogens (tertiary/aromatic N) is 1. The molecule has 5 nitrogen and oxygen atoms in total. The summed E-state index contributed by atoms with van der Waals surface area (Å²) in [5.74, 6) is 0.753. The lowest BCUT2D eigenvalue weighted by Gasteiger charge is -2.12. The lowest BCUT2D eigenvalue weighted by Crippen LogP contribution is -2.32. The van der Waals surface area contributed by atoms with Crippen molar-refractivity contribution >= 4 is 11.7 Å². The second kappa shape index (κ2) is 7.70. The van der Waals surface area contributed by atoms with Gasteiger partial charge in [-0.25, -0.2) is 4.79 Å². The van der Waals surface area contributed by atoms with Crippen LogP contribution < -0.4 is 15.4 Å². The monoisotopic (exact) mass is 295 g/mol. The number of para-hydroxylation sites is 2. The third-order valence-electron chi connectivity index (χ3n) is 3.11. The van der Waals surface area contributed by atoms with Gasteiger partial charge in [-0.05, 0) is 30.2 Å². The molecule has 0 saturated carbocycles. The average Bonchev–Trinajstić information content (AvgIpc) is 2.55. The van der Waals surface area contributed by atoms with Gasteiger partial charge in [0.1, 0.15) is 11.8 Å². The molecule has 0 spiro atoms. The number of benzene rings is 2. The average molecular weight is 295 g/mol. The van der Waals surface area contributed by atoms with Crippen molar-refractivity contribution in [1.29, 1.82) is 5.26 Å². The number of nitrogens with one attached hydrogen (secondary N) is 2. The van der Waals surface area contributed by atoms with Crippen molar-refractivity contribution in [3.8, 4) is 11.8 Å². The van der Waals surface area contributed by atoms with E-state index in [9.17, 15) is 4.79 Å². The van der Waals surface area contributed by atoms with Crippen molar-refractivity contribution in [2.24, 2.45) is 0 Å². The van der Waals surface area contributed by atoms with Crippen LogP contribution in [0.5, 0.6) is 5.75 Å². The normalized spacial score (nSPS) is 9.64. The molecule has 22 heavy (non-hydrogen) atoms. The van der Waals surface area contributed by atoms with Crippen LogP contribution in [0.3, 0.4) is 0 Å². The highest BCUT2D eigenvalue weighted by Crippen LogP contribution is 2.17. The second-order valence-corrected chi connectivity index (χ2v) is 4.54. The lowest BCUT2D eigenvalue weighted by atomic mass is 10.1. The Bertz CT molecular complexity index is 692. The molecular weight excluding hydrogens is 278 g/mol. The summed E-state index contributed by atoms with van der Waals surface area (Å²) in [7, 11) is 0. The van der Waals surface area contributed by atoms with E-state index in [1.807, 2.05) is 37.3 Å². The van der Waals surface area contributed by atoms with Crippen LogP contribution >= 0.6 is 0 Å². The highest BCUT2D eigenvalue weighted by molar-refractivity contribution is 5.90. The fourth-order valence-electron chi connectivity index (χ4n) is 1.97. The maximum atomic E-state index is 11.8. The number of carbonyl (C=O) groups is 1. The van der Waals surface area contributed by atoms with Gasteiger partial charge in [0.2, 0.25) is 0 Å². The predicted molar refractivity (Wildman–Crippen MR) is 84.6 cm³/mol. The van der Waals surface area contributed by atoms with Crippen LogP contribution in [0.4, 0.5) is 10.5 Å². The zero-order valence-electron chi connectivity index (χ0n) is 12.3. The van der Waals surface area contributed by atoms with Crippen LogP contribution in [-0.2, 0) is 6.42 Å². The van der Waals surface area contributed by atoms with Crippen molar-refractivity contribution in [2.45, 2.75) is 13.3 Å². The maximum Gasteiger partial charge on any atom is 0.321 e. The molecule has 0 fully saturated rings. The molecule has 0 saturated heterocycles. The molecule has 0 aliphatic rings. The third kappa shape index (κ3) is 4.00. The van der Waals surface area contributed by atoms with E-state index in [-0.39, 0.29) is 6.73 Å². The Morgan fingerprint density at radius 2 is 1.91 bits per heavy atom. The van der Waals surface area contributed by atoms with Crippen LogP contribution in [0, 0.1) is 11.3 Å². The summed E-state index contributed by atoms with van der Waals surface area (Å²) < 4.78 is 5.56. The van der Waals surface area contributed by atoms with Crippen molar-refractivity contribution in [2.75, 3.05) is 12.0 Å². The Morgan fingerprint density at radius 3 is 2.68 bits per heavy atom. The Morgan fingerprint density at radius 1 is 1.18 bits per heavy atom. The van der Waals surface area contributed by atoms with Gasteiger partial charge in [-0.2, -0.15) is 5.26 Å². The van der Waals surface area contributed by atoms with Gasteiger partial charge in [0.15, 0.2) is 6.73 Å². The summed E-state index contributed by atoms with van der Waals surface area (Å²) >= 11 is 0. The first-order chi connectivity index (χ1) is 10.7. The molecule has 2 aromatic rings. The summed E-state index contributed by atoms with van der Waals surface area (Å²) in [6.45, 7) is 2.10. The van der Waals surface area contributed by atoms with Gasteiger partial charge < -0.3 is 15.4 Å². The second-order valence-electron chi connectivity index (χ2n) is 4.54. The third-order valence-corrected chi connectivity index (χ3v) is 3.11. The summed E-state index contributed by atoms with van der Waals surface area (Å²) in [6, 6.07) is 16.1. The number of hydrogen-bond donors (Lipinski definition) is 2. The van der Waals surface area contributed by atoms with E-state index < -0.39 is 6.03 Å². The van der Waals surface area contributed by atoms with Crippen LogP contribution in [0.15, 0.2) is 48.5 Å². The fraction of sp³-hybridized carbons (Fsp3) is 0.176. The molecule has 0 heterocycles. The van der Waals surface area contributed by atoms with E-state index in [1.165, 1.54) is 0 Å². The molecule has 0 bridgehead atoms. The van der Waals surface area contributed by atoms with Gasteiger partial charge >= 0.3 is 6.03 Å². The largest absolute Gasteiger partial charge is 0.473 e. The lowest BCUT2D eigenvalue weighted by molar-refractivity contribution is 0.234. The molecule has 2 aromatic carbocycles. The molecule has 112 valence electrons. The number of rotatable bonds is 5. The molecule has 0 radical (unpaired) electrons. The molecule has 0 aliphatic carbocycles. The van der Waals surface area contributed by atoms with Crippen LogP contribution in [0.2, 0.25) is 0 Å².